The largest absolute Gasteiger partial charge is 0.326 e. The normalized spacial score (nSPS) is 11.9. The fraction of sp³-hybridized carbons (Fsp3) is 0.188. The molecule has 2 nitrogen and oxygen atoms in total. The second-order valence-corrected chi connectivity index (χ2v) is 5.50. The summed E-state index contributed by atoms with van der Waals surface area (Å²) >= 11 is 3.37. The molecule has 3 heteroatoms. The van der Waals surface area contributed by atoms with E-state index in [1.165, 1.54) is 5.56 Å². The second-order valence-electron chi connectivity index (χ2n) is 4.59. The van der Waals surface area contributed by atoms with Gasteiger partial charge in [0.25, 0.3) is 0 Å². The third-order valence-corrected chi connectivity index (χ3v) is 3.47. The number of hydrogen-bond donors (Lipinski definition) is 1. The van der Waals surface area contributed by atoms with Crippen molar-refractivity contribution >= 4 is 27.5 Å². The lowest BCUT2D eigenvalue weighted by Gasteiger charge is -2.12. The summed E-state index contributed by atoms with van der Waals surface area (Å²) in [4.78, 5) is 12.1. The summed E-state index contributed by atoms with van der Waals surface area (Å²) in [6.07, 6.45) is 0.753. The highest BCUT2D eigenvalue weighted by molar-refractivity contribution is 9.10. The van der Waals surface area contributed by atoms with E-state index >= 15 is 0 Å². The van der Waals surface area contributed by atoms with E-state index in [1.54, 1.807) is 0 Å². The van der Waals surface area contributed by atoms with Crippen molar-refractivity contribution < 1.29 is 4.79 Å². The Hall–Kier alpha value is -1.61. The topological polar surface area (TPSA) is 29.1 Å². The first-order valence-electron chi connectivity index (χ1n) is 6.25. The van der Waals surface area contributed by atoms with Gasteiger partial charge in [-0.15, -0.1) is 0 Å². The molecule has 2 aromatic carbocycles. The first-order valence-corrected chi connectivity index (χ1v) is 7.05. The summed E-state index contributed by atoms with van der Waals surface area (Å²) in [7, 11) is 0. The van der Waals surface area contributed by atoms with E-state index in [4.69, 9.17) is 0 Å². The molecule has 0 radical (unpaired) electrons. The Morgan fingerprint density at radius 1 is 1.11 bits per heavy atom. The van der Waals surface area contributed by atoms with Gasteiger partial charge in [0.05, 0.1) is 0 Å². The lowest BCUT2D eigenvalue weighted by molar-refractivity contribution is -0.119. The molecule has 0 fully saturated rings. The van der Waals surface area contributed by atoms with Crippen molar-refractivity contribution in [1.29, 1.82) is 0 Å². The van der Waals surface area contributed by atoms with Crippen LogP contribution in [-0.2, 0) is 11.2 Å². The van der Waals surface area contributed by atoms with Crippen LogP contribution in [0.25, 0.3) is 0 Å². The first-order chi connectivity index (χ1) is 9.15. The van der Waals surface area contributed by atoms with Crippen LogP contribution in [0.4, 0.5) is 5.69 Å². The summed E-state index contributed by atoms with van der Waals surface area (Å²) < 4.78 is 1.00. The van der Waals surface area contributed by atoms with Crippen molar-refractivity contribution in [2.24, 2.45) is 5.92 Å². The van der Waals surface area contributed by atoms with E-state index in [9.17, 15) is 4.79 Å². The first kappa shape index (κ1) is 13.8. The predicted molar refractivity (Wildman–Crippen MR) is 82.1 cm³/mol. The molecule has 0 bridgehead atoms. The van der Waals surface area contributed by atoms with E-state index in [-0.39, 0.29) is 11.8 Å². The maximum Gasteiger partial charge on any atom is 0.227 e. The third kappa shape index (κ3) is 4.21. The van der Waals surface area contributed by atoms with E-state index in [0.717, 1.165) is 16.6 Å². The van der Waals surface area contributed by atoms with Crippen LogP contribution < -0.4 is 5.32 Å². The minimum absolute atomic E-state index is 0.0474. The average molecular weight is 318 g/mol. The number of anilines is 1. The lowest BCUT2D eigenvalue weighted by atomic mass is 10.0. The molecule has 0 aliphatic carbocycles. The number of carbonyl (C=O) groups is 1. The predicted octanol–water partition coefficient (Wildman–Crippen LogP) is 4.27. The van der Waals surface area contributed by atoms with Crippen LogP contribution in [0.1, 0.15) is 12.5 Å². The Morgan fingerprint density at radius 3 is 2.37 bits per heavy atom. The van der Waals surface area contributed by atoms with Crippen LogP contribution in [-0.4, -0.2) is 5.91 Å². The molecular weight excluding hydrogens is 302 g/mol. The Balaban J connectivity index is 1.94. The molecule has 0 unspecified atom stereocenters. The van der Waals surface area contributed by atoms with Gasteiger partial charge in [0.1, 0.15) is 0 Å². The maximum absolute atomic E-state index is 12.1. The molecular formula is C16H16BrNO. The number of carbonyl (C=O) groups excluding carboxylic acids is 1. The van der Waals surface area contributed by atoms with E-state index in [1.807, 2.05) is 61.5 Å². The molecule has 1 N–H and O–H groups in total. The minimum Gasteiger partial charge on any atom is -0.326 e. The molecule has 0 heterocycles. The highest BCUT2D eigenvalue weighted by atomic mass is 79.9. The summed E-state index contributed by atoms with van der Waals surface area (Å²) in [5.74, 6) is -0.00257. The molecule has 0 aliphatic heterocycles. The van der Waals surface area contributed by atoms with Gasteiger partial charge in [-0.3, -0.25) is 4.79 Å². The number of amides is 1. The van der Waals surface area contributed by atoms with Crippen molar-refractivity contribution in [3.8, 4) is 0 Å². The van der Waals surface area contributed by atoms with Crippen LogP contribution in [0.3, 0.4) is 0 Å². The number of rotatable bonds is 4. The average Bonchev–Trinajstić information content (AvgIpc) is 2.42. The quantitative estimate of drug-likeness (QED) is 0.896. The van der Waals surface area contributed by atoms with Gasteiger partial charge in [-0.2, -0.15) is 0 Å². The molecule has 0 spiro atoms. The number of nitrogens with one attached hydrogen (secondary N) is 1. The fourth-order valence-corrected chi connectivity index (χ4v) is 2.12. The summed E-state index contributed by atoms with van der Waals surface area (Å²) in [6.45, 7) is 1.95. The monoisotopic (exact) mass is 317 g/mol. The van der Waals surface area contributed by atoms with Gasteiger partial charge in [-0.05, 0) is 36.2 Å². The summed E-state index contributed by atoms with van der Waals surface area (Å²) in [5.41, 5.74) is 2.01. The van der Waals surface area contributed by atoms with Crippen molar-refractivity contribution in [2.75, 3.05) is 5.32 Å². The molecule has 0 saturated carbocycles. The van der Waals surface area contributed by atoms with E-state index < -0.39 is 0 Å². The van der Waals surface area contributed by atoms with Crippen LogP contribution in [0.15, 0.2) is 59.1 Å². The van der Waals surface area contributed by atoms with Gasteiger partial charge in [0.15, 0.2) is 0 Å². The van der Waals surface area contributed by atoms with Crippen molar-refractivity contribution in [3.63, 3.8) is 0 Å². The Kier molecular flexibility index (Phi) is 4.74. The SMILES string of the molecule is C[C@@H](Cc1ccccc1)C(=O)Nc1ccc(Br)cc1. The molecule has 1 amide bonds. The molecule has 19 heavy (non-hydrogen) atoms. The van der Waals surface area contributed by atoms with Crippen LogP contribution in [0.5, 0.6) is 0 Å². The fourth-order valence-electron chi connectivity index (χ4n) is 1.86. The number of halogens is 1. The molecule has 0 saturated heterocycles. The van der Waals surface area contributed by atoms with Gasteiger partial charge in [0.2, 0.25) is 5.91 Å². The van der Waals surface area contributed by atoms with Gasteiger partial charge < -0.3 is 5.32 Å². The van der Waals surface area contributed by atoms with Gasteiger partial charge in [-0.1, -0.05) is 53.2 Å². The molecule has 0 aliphatic rings. The van der Waals surface area contributed by atoms with Crippen molar-refractivity contribution in [1.82, 2.24) is 0 Å². The zero-order valence-corrected chi connectivity index (χ0v) is 12.4. The standard InChI is InChI=1S/C16H16BrNO/c1-12(11-13-5-3-2-4-6-13)16(19)18-15-9-7-14(17)8-10-15/h2-10,12H,11H2,1H3,(H,18,19)/t12-/m0/s1. The third-order valence-electron chi connectivity index (χ3n) is 2.94. The van der Waals surface area contributed by atoms with Crippen LogP contribution in [0, 0.1) is 5.92 Å². The molecule has 98 valence electrons. The molecule has 2 aromatic rings. The Labute approximate surface area is 122 Å². The van der Waals surface area contributed by atoms with Gasteiger partial charge in [-0.25, -0.2) is 0 Å². The van der Waals surface area contributed by atoms with Gasteiger partial charge in [0, 0.05) is 16.1 Å². The number of hydrogen-bond acceptors (Lipinski definition) is 1. The van der Waals surface area contributed by atoms with E-state index in [2.05, 4.69) is 21.2 Å². The maximum atomic E-state index is 12.1. The molecule has 1 atom stereocenters. The van der Waals surface area contributed by atoms with Crippen molar-refractivity contribution in [2.45, 2.75) is 13.3 Å². The highest BCUT2D eigenvalue weighted by Crippen LogP contribution is 2.16. The molecule has 2 rings (SSSR count). The molecule has 0 aromatic heterocycles. The second kappa shape index (κ2) is 6.53. The van der Waals surface area contributed by atoms with Crippen molar-refractivity contribution in [3.05, 3.63) is 64.6 Å². The van der Waals surface area contributed by atoms with Crippen LogP contribution >= 0.6 is 15.9 Å². The summed E-state index contributed by atoms with van der Waals surface area (Å²) in [6, 6.07) is 17.7. The van der Waals surface area contributed by atoms with Crippen LogP contribution in [0.2, 0.25) is 0 Å². The zero-order valence-electron chi connectivity index (χ0n) is 10.8. The Morgan fingerprint density at radius 2 is 1.74 bits per heavy atom. The van der Waals surface area contributed by atoms with E-state index in [0.29, 0.717) is 0 Å². The minimum atomic E-state index is -0.0500. The Bertz CT molecular complexity index is 536. The smallest absolute Gasteiger partial charge is 0.227 e. The lowest BCUT2D eigenvalue weighted by Crippen LogP contribution is -2.22. The number of benzene rings is 2. The zero-order chi connectivity index (χ0) is 13.7. The highest BCUT2D eigenvalue weighted by Gasteiger charge is 2.13. The van der Waals surface area contributed by atoms with Gasteiger partial charge >= 0.3 is 0 Å². The summed E-state index contributed by atoms with van der Waals surface area (Å²) in [5, 5.41) is 2.93.